The third kappa shape index (κ3) is 4.87. The molecule has 2 aromatic carbocycles. The van der Waals surface area contributed by atoms with Gasteiger partial charge in [-0.2, -0.15) is 5.10 Å². The Morgan fingerprint density at radius 2 is 1.94 bits per heavy atom. The van der Waals surface area contributed by atoms with Gasteiger partial charge in [-0.1, -0.05) is 18.2 Å². The van der Waals surface area contributed by atoms with E-state index in [1.54, 1.807) is 62.1 Å². The van der Waals surface area contributed by atoms with Gasteiger partial charge in [0.15, 0.2) is 5.17 Å². The summed E-state index contributed by atoms with van der Waals surface area (Å²) in [6, 6.07) is 17.6. The number of carbonyl (C=O) groups excluding carboxylic acids is 1. The number of ether oxygens (including phenoxy) is 1. The molecule has 0 unspecified atom stereocenters. The summed E-state index contributed by atoms with van der Waals surface area (Å²) < 4.78 is 10.8. The van der Waals surface area contributed by atoms with Crippen LogP contribution in [-0.4, -0.2) is 34.4 Å². The van der Waals surface area contributed by atoms with Crippen LogP contribution in [0.1, 0.15) is 16.9 Å². The molecule has 0 spiro atoms. The molecule has 1 fully saturated rings. The molecule has 0 radical (unpaired) electrons. The highest BCUT2D eigenvalue weighted by Gasteiger charge is 2.34. The van der Waals surface area contributed by atoms with Crippen molar-refractivity contribution < 1.29 is 19.1 Å². The first-order chi connectivity index (χ1) is 15.1. The fraction of sp³-hybridized carbons (Fsp3) is 0.0870. The van der Waals surface area contributed by atoms with Crippen LogP contribution in [0.2, 0.25) is 0 Å². The van der Waals surface area contributed by atoms with Crippen molar-refractivity contribution in [2.24, 2.45) is 10.2 Å². The summed E-state index contributed by atoms with van der Waals surface area (Å²) in [6.45, 7) is 0.246. The summed E-state index contributed by atoms with van der Waals surface area (Å²) in [5.41, 5.74) is 1.58. The number of hydrogen-bond donors (Lipinski definition) is 1. The van der Waals surface area contributed by atoms with E-state index in [1.807, 2.05) is 24.3 Å². The number of methoxy groups -OCH3 is 1. The van der Waals surface area contributed by atoms with Crippen molar-refractivity contribution in [2.75, 3.05) is 7.11 Å². The van der Waals surface area contributed by atoms with E-state index in [9.17, 15) is 9.90 Å². The first-order valence-corrected chi connectivity index (χ1v) is 10.2. The Morgan fingerprint density at radius 3 is 2.68 bits per heavy atom. The molecule has 1 N–H and O–H groups in total. The topological polar surface area (TPSA) is 87.6 Å². The van der Waals surface area contributed by atoms with Crippen molar-refractivity contribution in [3.05, 3.63) is 88.7 Å². The Hall–Kier alpha value is -3.78. The number of amides is 1. The van der Waals surface area contributed by atoms with E-state index in [2.05, 4.69) is 10.2 Å². The van der Waals surface area contributed by atoms with Gasteiger partial charge in [-0.05, 0) is 65.9 Å². The van der Waals surface area contributed by atoms with E-state index in [4.69, 9.17) is 9.15 Å². The fourth-order valence-electron chi connectivity index (χ4n) is 2.91. The minimum absolute atomic E-state index is 0.177. The molecule has 156 valence electrons. The maximum Gasteiger partial charge on any atom is 0.267 e. The molecule has 2 heterocycles. The van der Waals surface area contributed by atoms with Crippen molar-refractivity contribution in [3.63, 3.8) is 0 Å². The minimum Gasteiger partial charge on any atom is -0.508 e. The number of thioether (sulfide) groups is 1. The summed E-state index contributed by atoms with van der Waals surface area (Å²) in [4.78, 5) is 15.1. The lowest BCUT2D eigenvalue weighted by molar-refractivity contribution is -0.122. The number of furan rings is 1. The van der Waals surface area contributed by atoms with E-state index < -0.39 is 0 Å². The molecule has 1 aromatic heterocycles. The molecule has 0 aliphatic carbocycles. The number of phenolic OH excluding ortho intramolecular Hbond substituents is 1. The molecule has 0 atom stereocenters. The van der Waals surface area contributed by atoms with Gasteiger partial charge in [-0.25, -0.2) is 0 Å². The van der Waals surface area contributed by atoms with Crippen LogP contribution in [0, 0.1) is 0 Å². The van der Waals surface area contributed by atoms with E-state index in [-0.39, 0.29) is 18.2 Å². The van der Waals surface area contributed by atoms with Gasteiger partial charge in [0, 0.05) is 5.56 Å². The molecule has 3 aromatic rings. The number of hydrogen-bond acceptors (Lipinski definition) is 7. The van der Waals surface area contributed by atoms with Gasteiger partial charge in [0.2, 0.25) is 0 Å². The zero-order valence-electron chi connectivity index (χ0n) is 16.6. The van der Waals surface area contributed by atoms with Crippen LogP contribution in [0.25, 0.3) is 6.08 Å². The van der Waals surface area contributed by atoms with Crippen molar-refractivity contribution in [1.29, 1.82) is 0 Å². The molecule has 4 rings (SSSR count). The Morgan fingerprint density at radius 1 is 1.13 bits per heavy atom. The predicted molar refractivity (Wildman–Crippen MR) is 121 cm³/mol. The highest BCUT2D eigenvalue weighted by atomic mass is 32.2. The molecular formula is C23H19N3O4S. The zero-order valence-corrected chi connectivity index (χ0v) is 17.5. The number of phenols is 1. The highest BCUT2D eigenvalue weighted by Crippen LogP contribution is 2.35. The summed E-state index contributed by atoms with van der Waals surface area (Å²) in [7, 11) is 1.59. The summed E-state index contributed by atoms with van der Waals surface area (Å²) in [5.74, 6) is 1.31. The second-order valence-corrected chi connectivity index (χ2v) is 7.55. The van der Waals surface area contributed by atoms with Gasteiger partial charge >= 0.3 is 0 Å². The molecule has 1 aliphatic heterocycles. The van der Waals surface area contributed by atoms with Crippen LogP contribution >= 0.6 is 11.8 Å². The molecular weight excluding hydrogens is 414 g/mol. The van der Waals surface area contributed by atoms with Crippen LogP contribution in [-0.2, 0) is 11.3 Å². The van der Waals surface area contributed by atoms with Gasteiger partial charge in [0.05, 0.1) is 31.0 Å². The van der Waals surface area contributed by atoms with Crippen molar-refractivity contribution in [2.45, 2.75) is 6.54 Å². The number of aromatic hydroxyl groups is 1. The first-order valence-electron chi connectivity index (χ1n) is 9.41. The molecule has 31 heavy (non-hydrogen) atoms. The predicted octanol–water partition coefficient (Wildman–Crippen LogP) is 4.50. The van der Waals surface area contributed by atoms with E-state index in [0.29, 0.717) is 21.6 Å². The van der Waals surface area contributed by atoms with E-state index >= 15 is 0 Å². The number of amidine groups is 1. The standard InChI is InChI=1S/C23H19N3O4S/c1-29-20-7-3-2-5-17(20)13-21-22(28)26(15-19-6-4-12-30-19)23(31-21)25-24-14-16-8-10-18(27)11-9-16/h2-14,27H,15H2,1H3/b21-13-,24-14+,25-23-. The normalized spacial score (nSPS) is 16.7. The van der Waals surface area contributed by atoms with E-state index in [0.717, 1.165) is 11.1 Å². The number of carbonyl (C=O) groups is 1. The monoisotopic (exact) mass is 433 g/mol. The number of nitrogens with zero attached hydrogens (tertiary/aromatic N) is 3. The highest BCUT2D eigenvalue weighted by molar-refractivity contribution is 8.18. The number of para-hydroxylation sites is 1. The summed E-state index contributed by atoms with van der Waals surface area (Å²) in [6.07, 6.45) is 4.91. The van der Waals surface area contributed by atoms with Crippen molar-refractivity contribution >= 4 is 35.1 Å². The molecule has 1 amide bonds. The third-order valence-corrected chi connectivity index (χ3v) is 5.45. The zero-order chi connectivity index (χ0) is 21.6. The van der Waals surface area contributed by atoms with Crippen LogP contribution in [0.3, 0.4) is 0 Å². The van der Waals surface area contributed by atoms with Gasteiger partial charge < -0.3 is 14.3 Å². The molecule has 0 bridgehead atoms. The average molecular weight is 433 g/mol. The van der Waals surface area contributed by atoms with Crippen molar-refractivity contribution in [3.8, 4) is 11.5 Å². The Balaban J connectivity index is 1.63. The number of rotatable bonds is 6. The van der Waals surface area contributed by atoms with Gasteiger partial charge in [0.25, 0.3) is 5.91 Å². The van der Waals surface area contributed by atoms with Gasteiger partial charge in [-0.3, -0.25) is 9.69 Å². The lowest BCUT2D eigenvalue weighted by atomic mass is 10.2. The Bertz CT molecular complexity index is 1150. The van der Waals surface area contributed by atoms with E-state index in [1.165, 1.54) is 16.7 Å². The number of benzene rings is 2. The lowest BCUT2D eigenvalue weighted by Crippen LogP contribution is -2.28. The van der Waals surface area contributed by atoms with Crippen molar-refractivity contribution in [1.82, 2.24) is 4.90 Å². The quantitative estimate of drug-likeness (QED) is 0.351. The SMILES string of the molecule is COc1ccccc1/C=C1\S/C(=N\N=C\c2ccc(O)cc2)N(Cc2ccco2)C1=O. The van der Waals surface area contributed by atoms with Gasteiger partial charge in [-0.15, -0.1) is 5.10 Å². The first kappa shape index (κ1) is 20.5. The fourth-order valence-corrected chi connectivity index (χ4v) is 3.84. The average Bonchev–Trinajstić information content (AvgIpc) is 3.40. The lowest BCUT2D eigenvalue weighted by Gasteiger charge is -2.12. The largest absolute Gasteiger partial charge is 0.508 e. The second-order valence-electron chi connectivity index (χ2n) is 6.54. The smallest absolute Gasteiger partial charge is 0.267 e. The van der Waals surface area contributed by atoms with Crippen LogP contribution in [0.4, 0.5) is 0 Å². The Kier molecular flexibility index (Phi) is 6.18. The minimum atomic E-state index is -0.189. The maximum absolute atomic E-state index is 13.1. The summed E-state index contributed by atoms with van der Waals surface area (Å²) >= 11 is 1.24. The summed E-state index contributed by atoms with van der Waals surface area (Å²) in [5, 5.41) is 18.2. The molecule has 1 saturated heterocycles. The molecule has 1 aliphatic rings. The third-order valence-electron chi connectivity index (χ3n) is 4.45. The van der Waals surface area contributed by atoms with Crippen LogP contribution < -0.4 is 4.74 Å². The maximum atomic E-state index is 13.1. The molecule has 0 saturated carbocycles. The molecule has 8 heteroatoms. The van der Waals surface area contributed by atoms with Gasteiger partial charge in [0.1, 0.15) is 17.3 Å². The molecule has 7 nitrogen and oxygen atoms in total. The van der Waals surface area contributed by atoms with Crippen LogP contribution in [0.5, 0.6) is 11.5 Å². The second kappa shape index (κ2) is 9.36. The Labute approximate surface area is 183 Å². The van der Waals surface area contributed by atoms with Crippen LogP contribution in [0.15, 0.2) is 86.5 Å².